The van der Waals surface area contributed by atoms with Crippen LogP contribution in [0.15, 0.2) is 48.0 Å². The molecule has 2 atom stereocenters. The Morgan fingerprint density at radius 1 is 1.40 bits per heavy atom. The van der Waals surface area contributed by atoms with Crippen LogP contribution in [-0.4, -0.2) is 42.4 Å². The molecule has 2 unspecified atom stereocenters. The van der Waals surface area contributed by atoms with Crippen LogP contribution < -0.4 is 15.8 Å². The normalized spacial score (nSPS) is 14.0. The van der Waals surface area contributed by atoms with Gasteiger partial charge in [0.25, 0.3) is 0 Å². The quantitative estimate of drug-likeness (QED) is 0.527. The first kappa shape index (κ1) is 18.8. The Balaban J connectivity index is 2.64. The van der Waals surface area contributed by atoms with E-state index in [-0.39, 0.29) is 0 Å². The van der Waals surface area contributed by atoms with Gasteiger partial charge in [0.05, 0.1) is 18.5 Å². The number of methoxy groups -OCH3 is 1. The van der Waals surface area contributed by atoms with E-state index >= 15 is 0 Å². The van der Waals surface area contributed by atoms with Gasteiger partial charge in [0, 0.05) is 11.6 Å². The van der Waals surface area contributed by atoms with Crippen molar-refractivity contribution in [3.05, 3.63) is 65.4 Å². The standard InChI is InChI=1S/C19H24N4O2/c1-5-13-10-9-12(2)14(11-13)17(23-18(20)19(24)21-3)15-7-6-8-16(22-15)25-4/h5-11,18-19,21,24H,1,20H2,2-4H3/b23-17+. The summed E-state index contributed by atoms with van der Waals surface area (Å²) >= 11 is 0. The summed E-state index contributed by atoms with van der Waals surface area (Å²) in [4.78, 5) is 9.00. The molecule has 25 heavy (non-hydrogen) atoms. The van der Waals surface area contributed by atoms with Gasteiger partial charge in [-0.1, -0.05) is 30.9 Å². The Bertz CT molecular complexity index is 774. The molecule has 1 aromatic heterocycles. The second kappa shape index (κ2) is 8.53. The fourth-order valence-electron chi connectivity index (χ4n) is 2.35. The summed E-state index contributed by atoms with van der Waals surface area (Å²) in [5.74, 6) is 0.477. The van der Waals surface area contributed by atoms with Crippen molar-refractivity contribution in [3.8, 4) is 5.88 Å². The van der Waals surface area contributed by atoms with Crippen LogP contribution in [0.5, 0.6) is 5.88 Å². The molecule has 2 rings (SSSR count). The van der Waals surface area contributed by atoms with Gasteiger partial charge in [-0.25, -0.2) is 4.98 Å². The molecule has 0 saturated carbocycles. The fraction of sp³-hybridized carbons (Fsp3) is 0.263. The first-order valence-electron chi connectivity index (χ1n) is 7.93. The predicted molar refractivity (Wildman–Crippen MR) is 101 cm³/mol. The molecule has 6 heteroatoms. The lowest BCUT2D eigenvalue weighted by atomic mass is 9.98. The number of nitrogens with one attached hydrogen (secondary N) is 1. The third kappa shape index (κ3) is 4.51. The monoisotopic (exact) mass is 340 g/mol. The maximum absolute atomic E-state index is 9.94. The number of aliphatic hydroxyl groups excluding tert-OH is 1. The maximum Gasteiger partial charge on any atom is 0.213 e. The Morgan fingerprint density at radius 2 is 2.16 bits per heavy atom. The molecule has 1 aromatic carbocycles. The minimum absolute atomic E-state index is 0.477. The lowest BCUT2D eigenvalue weighted by Gasteiger charge is -2.18. The Labute approximate surface area is 148 Å². The van der Waals surface area contributed by atoms with Crippen molar-refractivity contribution in [2.45, 2.75) is 19.3 Å². The van der Waals surface area contributed by atoms with Gasteiger partial charge in [-0.2, -0.15) is 0 Å². The predicted octanol–water partition coefficient (Wildman–Crippen LogP) is 1.70. The number of ether oxygens (including phenoxy) is 1. The molecule has 6 nitrogen and oxygen atoms in total. The van der Waals surface area contributed by atoms with Crippen molar-refractivity contribution < 1.29 is 9.84 Å². The molecule has 0 amide bonds. The molecular formula is C19H24N4O2. The van der Waals surface area contributed by atoms with Crippen LogP contribution in [-0.2, 0) is 0 Å². The van der Waals surface area contributed by atoms with Crippen LogP contribution in [0.1, 0.15) is 22.4 Å². The van der Waals surface area contributed by atoms with Gasteiger partial charge in [0.15, 0.2) is 0 Å². The smallest absolute Gasteiger partial charge is 0.213 e. The zero-order valence-electron chi connectivity index (χ0n) is 14.7. The highest BCUT2D eigenvalue weighted by Crippen LogP contribution is 2.19. The fourth-order valence-corrected chi connectivity index (χ4v) is 2.35. The molecular weight excluding hydrogens is 316 g/mol. The van der Waals surface area contributed by atoms with Gasteiger partial charge < -0.3 is 15.6 Å². The first-order valence-corrected chi connectivity index (χ1v) is 7.93. The minimum Gasteiger partial charge on any atom is -0.481 e. The Hall–Kier alpha value is -2.54. The molecule has 0 aliphatic rings. The minimum atomic E-state index is -0.969. The molecule has 0 fully saturated rings. The van der Waals surface area contributed by atoms with Crippen molar-refractivity contribution >= 4 is 11.8 Å². The number of nitrogens with zero attached hydrogens (tertiary/aromatic N) is 2. The summed E-state index contributed by atoms with van der Waals surface area (Å²) in [6.07, 6.45) is -0.0506. The average Bonchev–Trinajstić information content (AvgIpc) is 2.65. The van der Waals surface area contributed by atoms with Gasteiger partial charge in [0.1, 0.15) is 12.4 Å². The van der Waals surface area contributed by atoms with Gasteiger partial charge >= 0.3 is 0 Å². The third-order valence-corrected chi connectivity index (χ3v) is 3.83. The summed E-state index contributed by atoms with van der Waals surface area (Å²) in [6.45, 7) is 5.80. The number of hydrogen-bond donors (Lipinski definition) is 3. The highest BCUT2D eigenvalue weighted by molar-refractivity contribution is 6.13. The summed E-state index contributed by atoms with van der Waals surface area (Å²) in [7, 11) is 3.18. The molecule has 132 valence electrons. The van der Waals surface area contributed by atoms with Gasteiger partial charge in [0.2, 0.25) is 5.88 Å². The van der Waals surface area contributed by atoms with Crippen LogP contribution in [0.2, 0.25) is 0 Å². The molecule has 0 radical (unpaired) electrons. The third-order valence-electron chi connectivity index (χ3n) is 3.83. The summed E-state index contributed by atoms with van der Waals surface area (Å²) in [5, 5.41) is 12.6. The van der Waals surface area contributed by atoms with Crippen LogP contribution in [0.3, 0.4) is 0 Å². The molecule has 4 N–H and O–H groups in total. The molecule has 1 heterocycles. The van der Waals surface area contributed by atoms with Crippen molar-refractivity contribution in [2.24, 2.45) is 10.7 Å². The summed E-state index contributed by atoms with van der Waals surface area (Å²) < 4.78 is 5.21. The zero-order chi connectivity index (χ0) is 18.4. The molecule has 0 aliphatic carbocycles. The number of nitrogens with two attached hydrogens (primary N) is 1. The van der Waals surface area contributed by atoms with E-state index in [4.69, 9.17) is 10.5 Å². The van der Waals surface area contributed by atoms with Gasteiger partial charge in [-0.3, -0.25) is 10.3 Å². The topological polar surface area (TPSA) is 92.8 Å². The molecule has 0 bridgehead atoms. The Kier molecular flexibility index (Phi) is 6.41. The van der Waals surface area contributed by atoms with Crippen molar-refractivity contribution in [1.82, 2.24) is 10.3 Å². The van der Waals surface area contributed by atoms with Crippen LogP contribution >= 0.6 is 0 Å². The molecule has 0 spiro atoms. The van der Waals surface area contributed by atoms with Crippen LogP contribution in [0.4, 0.5) is 0 Å². The van der Waals surface area contributed by atoms with E-state index in [9.17, 15) is 5.11 Å². The lowest BCUT2D eigenvalue weighted by molar-refractivity contribution is 0.121. The van der Waals surface area contributed by atoms with E-state index in [0.29, 0.717) is 17.3 Å². The van der Waals surface area contributed by atoms with Crippen molar-refractivity contribution in [1.29, 1.82) is 0 Å². The van der Waals surface area contributed by atoms with E-state index in [0.717, 1.165) is 16.7 Å². The van der Waals surface area contributed by atoms with E-state index in [1.807, 2.05) is 37.3 Å². The second-order valence-electron chi connectivity index (χ2n) is 5.55. The largest absolute Gasteiger partial charge is 0.481 e. The molecule has 2 aromatic rings. The lowest BCUT2D eigenvalue weighted by Crippen LogP contribution is -2.42. The average molecular weight is 340 g/mol. The van der Waals surface area contributed by atoms with E-state index in [1.165, 1.54) is 0 Å². The van der Waals surface area contributed by atoms with E-state index < -0.39 is 12.4 Å². The van der Waals surface area contributed by atoms with Crippen molar-refractivity contribution in [3.63, 3.8) is 0 Å². The number of rotatable bonds is 7. The van der Waals surface area contributed by atoms with E-state index in [2.05, 4.69) is 21.9 Å². The summed E-state index contributed by atoms with van der Waals surface area (Å²) in [6, 6.07) is 11.4. The SMILES string of the molecule is C=Cc1ccc(C)c(/C(=N\C(N)C(O)NC)c2cccc(OC)n2)c1. The second-order valence-corrected chi connectivity index (χ2v) is 5.55. The highest BCUT2D eigenvalue weighted by Gasteiger charge is 2.17. The summed E-state index contributed by atoms with van der Waals surface area (Å²) in [5.41, 5.74) is 10.1. The number of benzene rings is 1. The van der Waals surface area contributed by atoms with Crippen LogP contribution in [0, 0.1) is 6.92 Å². The number of aromatic nitrogens is 1. The van der Waals surface area contributed by atoms with Crippen molar-refractivity contribution in [2.75, 3.05) is 14.2 Å². The molecule has 0 aliphatic heterocycles. The number of aliphatic imine (C=N–C) groups is 1. The highest BCUT2D eigenvalue weighted by atomic mass is 16.5. The number of likely N-dealkylation sites (N-methyl/N-ethyl adjacent to an activating group) is 1. The number of pyridine rings is 1. The van der Waals surface area contributed by atoms with E-state index in [1.54, 1.807) is 26.3 Å². The number of aryl methyl sites for hydroxylation is 1. The van der Waals surface area contributed by atoms with Gasteiger partial charge in [-0.05, 0) is 37.2 Å². The van der Waals surface area contributed by atoms with Gasteiger partial charge in [-0.15, -0.1) is 0 Å². The maximum atomic E-state index is 9.94. The number of hydrogen-bond acceptors (Lipinski definition) is 6. The zero-order valence-corrected chi connectivity index (χ0v) is 14.7. The molecule has 0 saturated heterocycles. The Morgan fingerprint density at radius 3 is 2.80 bits per heavy atom. The number of aliphatic hydroxyl groups is 1. The van der Waals surface area contributed by atoms with Crippen LogP contribution in [0.25, 0.3) is 6.08 Å². The first-order chi connectivity index (χ1) is 12.0.